The van der Waals surface area contributed by atoms with E-state index in [2.05, 4.69) is 34.4 Å². The van der Waals surface area contributed by atoms with Gasteiger partial charge in [0.25, 0.3) is 5.91 Å². The highest BCUT2D eigenvalue weighted by atomic mass is 16.5. The second kappa shape index (κ2) is 6.57. The summed E-state index contributed by atoms with van der Waals surface area (Å²) in [4.78, 5) is 19.0. The minimum atomic E-state index is -0.207. The summed E-state index contributed by atoms with van der Waals surface area (Å²) in [6.07, 6.45) is 6.29. The zero-order valence-corrected chi connectivity index (χ0v) is 15.2. The Hall–Kier alpha value is -2.66. The zero-order chi connectivity index (χ0) is 18.1. The number of nitrogens with one attached hydrogen (secondary N) is 1. The third kappa shape index (κ3) is 3.35. The maximum Gasteiger partial charge on any atom is 0.274 e. The van der Waals surface area contributed by atoms with Gasteiger partial charge in [0.05, 0.1) is 0 Å². The minimum absolute atomic E-state index is 0.185. The molecule has 0 bridgehead atoms. The van der Waals surface area contributed by atoms with Crippen LogP contribution >= 0.6 is 0 Å². The molecule has 134 valence electrons. The van der Waals surface area contributed by atoms with Crippen molar-refractivity contribution in [3.8, 4) is 5.75 Å². The van der Waals surface area contributed by atoms with E-state index in [4.69, 9.17) is 4.74 Å². The largest absolute Gasteiger partial charge is 0.482 e. The molecule has 1 N–H and O–H groups in total. The second-order valence-corrected chi connectivity index (χ2v) is 7.17. The Morgan fingerprint density at radius 1 is 1.23 bits per heavy atom. The summed E-state index contributed by atoms with van der Waals surface area (Å²) in [5.41, 5.74) is 2.78. The molecule has 0 atom stereocenters. The van der Waals surface area contributed by atoms with Crippen LogP contribution in [-0.4, -0.2) is 41.5 Å². The number of carbonyl (C=O) groups is 1. The van der Waals surface area contributed by atoms with E-state index < -0.39 is 0 Å². The number of benzene rings is 1. The Labute approximate surface area is 153 Å². The van der Waals surface area contributed by atoms with Crippen LogP contribution < -0.4 is 10.1 Å². The maximum atomic E-state index is 12.4. The molecular formula is C21H23N3O2. The summed E-state index contributed by atoms with van der Waals surface area (Å²) in [5.74, 6) is 0.671. The first kappa shape index (κ1) is 16.8. The van der Waals surface area contributed by atoms with Crippen molar-refractivity contribution < 1.29 is 9.53 Å². The fourth-order valence-corrected chi connectivity index (χ4v) is 3.47. The lowest BCUT2D eigenvalue weighted by Crippen LogP contribution is -2.46. The highest BCUT2D eigenvalue weighted by molar-refractivity contribution is 6.03. The number of aryl methyl sites for hydroxylation is 1. The van der Waals surface area contributed by atoms with Gasteiger partial charge in [-0.05, 0) is 50.4 Å². The molecule has 2 aliphatic heterocycles. The van der Waals surface area contributed by atoms with Crippen molar-refractivity contribution in [1.29, 1.82) is 0 Å². The van der Waals surface area contributed by atoms with Crippen LogP contribution in [0.1, 0.15) is 34.6 Å². The smallest absolute Gasteiger partial charge is 0.274 e. The van der Waals surface area contributed by atoms with Gasteiger partial charge in [0, 0.05) is 42.9 Å². The molecule has 5 nitrogen and oxygen atoms in total. The number of anilines is 1. The van der Waals surface area contributed by atoms with E-state index >= 15 is 0 Å². The van der Waals surface area contributed by atoms with Crippen LogP contribution in [0.2, 0.25) is 0 Å². The average Bonchev–Trinajstić information content (AvgIpc) is 2.64. The SMILES string of the molecule is Cc1cccc(C(=O)Nc2ccc3c(c2)C=CC2(CCN(C)CC2)O3)n1. The molecule has 3 heterocycles. The molecule has 5 heteroatoms. The molecule has 1 aromatic carbocycles. The summed E-state index contributed by atoms with van der Waals surface area (Å²) in [7, 11) is 2.14. The predicted molar refractivity (Wildman–Crippen MR) is 102 cm³/mol. The number of hydrogen-bond donors (Lipinski definition) is 1. The molecule has 26 heavy (non-hydrogen) atoms. The fourth-order valence-electron chi connectivity index (χ4n) is 3.47. The summed E-state index contributed by atoms with van der Waals surface area (Å²) in [6.45, 7) is 3.95. The summed E-state index contributed by atoms with van der Waals surface area (Å²) in [5, 5.41) is 2.91. The van der Waals surface area contributed by atoms with Crippen molar-refractivity contribution in [3.05, 3.63) is 59.4 Å². The van der Waals surface area contributed by atoms with Crippen LogP contribution in [0.25, 0.3) is 6.08 Å². The number of carbonyl (C=O) groups excluding carboxylic acids is 1. The van der Waals surface area contributed by atoms with Gasteiger partial charge in [-0.3, -0.25) is 4.79 Å². The number of piperidine rings is 1. The number of ether oxygens (including phenoxy) is 1. The van der Waals surface area contributed by atoms with Crippen molar-refractivity contribution in [2.75, 3.05) is 25.5 Å². The van der Waals surface area contributed by atoms with Gasteiger partial charge in [-0.1, -0.05) is 12.1 Å². The predicted octanol–water partition coefficient (Wildman–Crippen LogP) is 3.51. The lowest BCUT2D eigenvalue weighted by Gasteiger charge is -2.40. The van der Waals surface area contributed by atoms with E-state index in [1.54, 1.807) is 6.07 Å². The molecule has 0 saturated carbocycles. The normalized spacial score (nSPS) is 18.2. The Morgan fingerprint density at radius 3 is 2.81 bits per heavy atom. The fraction of sp³-hybridized carbons (Fsp3) is 0.333. The Kier molecular flexibility index (Phi) is 4.24. The van der Waals surface area contributed by atoms with Crippen molar-refractivity contribution in [2.45, 2.75) is 25.4 Å². The Bertz CT molecular complexity index is 867. The highest BCUT2D eigenvalue weighted by Crippen LogP contribution is 2.37. The second-order valence-electron chi connectivity index (χ2n) is 7.17. The molecule has 2 aromatic rings. The quantitative estimate of drug-likeness (QED) is 0.901. The maximum absolute atomic E-state index is 12.4. The monoisotopic (exact) mass is 349 g/mol. The van der Waals surface area contributed by atoms with Crippen LogP contribution in [0.15, 0.2) is 42.5 Å². The molecule has 2 aliphatic rings. The highest BCUT2D eigenvalue weighted by Gasteiger charge is 2.35. The first-order valence-corrected chi connectivity index (χ1v) is 8.99. The van der Waals surface area contributed by atoms with Gasteiger partial charge < -0.3 is 15.0 Å². The number of hydrogen-bond acceptors (Lipinski definition) is 4. The minimum Gasteiger partial charge on any atom is -0.482 e. The van der Waals surface area contributed by atoms with E-state index in [0.29, 0.717) is 5.69 Å². The molecule has 1 saturated heterocycles. The van der Waals surface area contributed by atoms with Crippen LogP contribution in [-0.2, 0) is 0 Å². The molecule has 1 amide bonds. The number of rotatable bonds is 2. The standard InChI is InChI=1S/C21H23N3O2/c1-15-4-3-5-18(22-15)20(25)23-17-6-7-19-16(14-17)8-9-21(26-19)10-12-24(2)13-11-21/h3-9,14H,10-13H2,1-2H3,(H,23,25). The Balaban J connectivity index is 1.50. The first-order chi connectivity index (χ1) is 12.5. The third-order valence-corrected chi connectivity index (χ3v) is 5.10. The van der Waals surface area contributed by atoms with Crippen LogP contribution in [0.5, 0.6) is 5.75 Å². The molecular weight excluding hydrogens is 326 g/mol. The topological polar surface area (TPSA) is 54.5 Å². The van der Waals surface area contributed by atoms with E-state index in [-0.39, 0.29) is 11.5 Å². The number of amides is 1. The molecule has 4 rings (SSSR count). The van der Waals surface area contributed by atoms with Gasteiger partial charge in [-0.25, -0.2) is 4.98 Å². The van der Waals surface area contributed by atoms with Gasteiger partial charge in [0.1, 0.15) is 17.0 Å². The van der Waals surface area contributed by atoms with Crippen molar-refractivity contribution in [1.82, 2.24) is 9.88 Å². The summed E-state index contributed by atoms with van der Waals surface area (Å²) < 4.78 is 6.33. The number of aromatic nitrogens is 1. The summed E-state index contributed by atoms with van der Waals surface area (Å²) in [6, 6.07) is 11.2. The van der Waals surface area contributed by atoms with Crippen molar-refractivity contribution in [3.63, 3.8) is 0 Å². The van der Waals surface area contributed by atoms with Gasteiger partial charge in [-0.2, -0.15) is 0 Å². The number of pyridine rings is 1. The molecule has 0 unspecified atom stereocenters. The van der Waals surface area contributed by atoms with Crippen LogP contribution in [0.3, 0.4) is 0 Å². The first-order valence-electron chi connectivity index (χ1n) is 8.99. The van der Waals surface area contributed by atoms with Gasteiger partial charge in [0.2, 0.25) is 0 Å². The molecule has 1 spiro atoms. The molecule has 1 fully saturated rings. The zero-order valence-electron chi connectivity index (χ0n) is 15.2. The van der Waals surface area contributed by atoms with Gasteiger partial charge in [-0.15, -0.1) is 0 Å². The summed E-state index contributed by atoms with van der Waals surface area (Å²) >= 11 is 0. The van der Waals surface area contributed by atoms with E-state index in [0.717, 1.165) is 48.6 Å². The van der Waals surface area contributed by atoms with Gasteiger partial charge >= 0.3 is 0 Å². The Morgan fingerprint density at radius 2 is 2.04 bits per heavy atom. The van der Waals surface area contributed by atoms with Crippen molar-refractivity contribution >= 4 is 17.7 Å². The number of likely N-dealkylation sites (tertiary alicyclic amines) is 1. The molecule has 0 aliphatic carbocycles. The average molecular weight is 349 g/mol. The van der Waals surface area contributed by atoms with Crippen molar-refractivity contribution in [2.24, 2.45) is 0 Å². The van der Waals surface area contributed by atoms with E-state index in [9.17, 15) is 4.79 Å². The van der Waals surface area contributed by atoms with E-state index in [1.807, 2.05) is 37.3 Å². The van der Waals surface area contributed by atoms with E-state index in [1.165, 1.54) is 0 Å². The van der Waals surface area contributed by atoms with Gasteiger partial charge in [0.15, 0.2) is 0 Å². The lowest BCUT2D eigenvalue weighted by molar-refractivity contribution is 0.0473. The molecule has 1 aromatic heterocycles. The number of fused-ring (bicyclic) bond motifs is 1. The third-order valence-electron chi connectivity index (χ3n) is 5.10. The van der Waals surface area contributed by atoms with Crippen LogP contribution in [0, 0.1) is 6.92 Å². The van der Waals surface area contributed by atoms with Crippen LogP contribution in [0.4, 0.5) is 5.69 Å². The number of nitrogens with zero attached hydrogens (tertiary/aromatic N) is 2. The lowest BCUT2D eigenvalue weighted by atomic mass is 9.88. The molecule has 0 radical (unpaired) electrons.